The summed E-state index contributed by atoms with van der Waals surface area (Å²) >= 11 is 0. The van der Waals surface area contributed by atoms with Crippen molar-refractivity contribution in [2.75, 3.05) is 0 Å². The molecule has 0 fully saturated rings. The van der Waals surface area contributed by atoms with Crippen molar-refractivity contribution in [1.29, 1.82) is 0 Å². The Labute approximate surface area is 167 Å². The lowest BCUT2D eigenvalue weighted by molar-refractivity contribution is 0.429. The number of aryl methyl sites for hydroxylation is 1. The van der Waals surface area contributed by atoms with E-state index in [2.05, 4.69) is 11.8 Å². The van der Waals surface area contributed by atoms with Crippen molar-refractivity contribution in [1.82, 2.24) is 0 Å². The Kier molecular flexibility index (Phi) is 6.51. The van der Waals surface area contributed by atoms with E-state index in [0.717, 1.165) is 23.6 Å². The molecule has 29 heavy (non-hydrogen) atoms. The first-order chi connectivity index (χ1) is 14.0. The molecular formula is C25H18F4. The molecule has 0 spiro atoms. The SMILES string of the molecule is CCCc1cc(F)c(C#Cc2ccc(-c3ccc(C=C(F)F)cc3)cc2)c(F)c1. The van der Waals surface area contributed by atoms with E-state index >= 15 is 0 Å². The lowest BCUT2D eigenvalue weighted by Gasteiger charge is -2.03. The van der Waals surface area contributed by atoms with Gasteiger partial charge >= 0.3 is 0 Å². The third kappa shape index (κ3) is 5.36. The molecule has 3 rings (SSSR count). The Balaban J connectivity index is 1.79. The molecule has 0 aliphatic rings. The summed E-state index contributed by atoms with van der Waals surface area (Å²) in [6.45, 7) is 1.95. The molecule has 0 aliphatic heterocycles. The second-order valence-electron chi connectivity index (χ2n) is 6.57. The minimum Gasteiger partial charge on any atom is -0.206 e. The standard InChI is InChI=1S/C25H18F4/c1-2-3-19-14-23(26)22(24(27)15-19)13-8-17-4-9-20(10-5-17)21-11-6-18(7-12-21)16-25(28)29/h4-7,9-12,14-16H,2-3H2,1H3. The fourth-order valence-electron chi connectivity index (χ4n) is 2.96. The van der Waals surface area contributed by atoms with Crippen molar-refractivity contribution in [2.45, 2.75) is 19.8 Å². The van der Waals surface area contributed by atoms with E-state index in [0.29, 0.717) is 23.1 Å². The van der Waals surface area contributed by atoms with E-state index in [1.807, 2.05) is 19.1 Å². The minimum absolute atomic E-state index is 0.238. The highest BCUT2D eigenvalue weighted by molar-refractivity contribution is 5.66. The van der Waals surface area contributed by atoms with Crippen molar-refractivity contribution in [2.24, 2.45) is 0 Å². The molecule has 0 saturated carbocycles. The van der Waals surface area contributed by atoms with Gasteiger partial charge in [-0.1, -0.05) is 61.6 Å². The van der Waals surface area contributed by atoms with Crippen LogP contribution in [0.4, 0.5) is 17.6 Å². The van der Waals surface area contributed by atoms with Gasteiger partial charge in [0.1, 0.15) is 11.6 Å². The summed E-state index contributed by atoms with van der Waals surface area (Å²) in [6, 6.07) is 16.5. The maximum Gasteiger partial charge on any atom is 0.270 e. The van der Waals surface area contributed by atoms with Crippen LogP contribution in [0.1, 0.15) is 35.6 Å². The first-order valence-corrected chi connectivity index (χ1v) is 9.19. The van der Waals surface area contributed by atoms with E-state index in [9.17, 15) is 17.6 Å². The van der Waals surface area contributed by atoms with E-state index < -0.39 is 17.7 Å². The van der Waals surface area contributed by atoms with Crippen LogP contribution in [-0.2, 0) is 6.42 Å². The Bertz CT molecular complexity index is 1060. The van der Waals surface area contributed by atoms with Gasteiger partial charge in [0.05, 0.1) is 5.56 Å². The lowest BCUT2D eigenvalue weighted by Crippen LogP contribution is -1.94. The monoisotopic (exact) mass is 394 g/mol. The predicted molar refractivity (Wildman–Crippen MR) is 108 cm³/mol. The van der Waals surface area contributed by atoms with E-state index in [1.165, 1.54) is 12.1 Å². The van der Waals surface area contributed by atoms with Crippen LogP contribution in [0.15, 0.2) is 66.7 Å². The summed E-state index contributed by atoms with van der Waals surface area (Å²) in [6.07, 6.45) is 0.481. The fourth-order valence-corrected chi connectivity index (χ4v) is 2.96. The second-order valence-corrected chi connectivity index (χ2v) is 6.57. The average molecular weight is 394 g/mol. The summed E-state index contributed by atoms with van der Waals surface area (Å²) in [5.41, 5.74) is 3.16. The Morgan fingerprint density at radius 1 is 0.828 bits per heavy atom. The van der Waals surface area contributed by atoms with Gasteiger partial charge in [-0.3, -0.25) is 0 Å². The van der Waals surface area contributed by atoms with Crippen LogP contribution < -0.4 is 0 Å². The largest absolute Gasteiger partial charge is 0.270 e. The van der Waals surface area contributed by atoms with Crippen molar-refractivity contribution in [3.63, 3.8) is 0 Å². The summed E-state index contributed by atoms with van der Waals surface area (Å²) in [5.74, 6) is 4.04. The van der Waals surface area contributed by atoms with Crippen molar-refractivity contribution < 1.29 is 17.6 Å². The predicted octanol–water partition coefficient (Wildman–Crippen LogP) is 7.22. The van der Waals surface area contributed by atoms with Crippen molar-refractivity contribution >= 4 is 6.08 Å². The van der Waals surface area contributed by atoms with Crippen LogP contribution >= 0.6 is 0 Å². The van der Waals surface area contributed by atoms with Crippen LogP contribution in [0.25, 0.3) is 17.2 Å². The smallest absolute Gasteiger partial charge is 0.206 e. The number of hydrogen-bond donors (Lipinski definition) is 0. The van der Waals surface area contributed by atoms with Gasteiger partial charge in [0.15, 0.2) is 0 Å². The molecule has 0 aromatic heterocycles. The van der Waals surface area contributed by atoms with Crippen molar-refractivity contribution in [3.05, 3.63) is 101 Å². The molecule has 0 aliphatic carbocycles. The van der Waals surface area contributed by atoms with Crippen LogP contribution in [-0.4, -0.2) is 0 Å². The van der Waals surface area contributed by atoms with Gasteiger partial charge in [0, 0.05) is 11.6 Å². The maximum absolute atomic E-state index is 14.1. The quantitative estimate of drug-likeness (QED) is 0.324. The third-order valence-corrected chi connectivity index (χ3v) is 4.38. The average Bonchev–Trinajstić information content (AvgIpc) is 2.68. The zero-order chi connectivity index (χ0) is 20.8. The molecule has 3 aromatic rings. The van der Waals surface area contributed by atoms with E-state index in [-0.39, 0.29) is 5.56 Å². The molecule has 0 atom stereocenters. The normalized spacial score (nSPS) is 10.2. The highest BCUT2D eigenvalue weighted by Crippen LogP contribution is 2.22. The van der Waals surface area contributed by atoms with Crippen LogP contribution in [0, 0.1) is 23.5 Å². The van der Waals surface area contributed by atoms with Gasteiger partial charge in [-0.2, -0.15) is 8.78 Å². The Morgan fingerprint density at radius 2 is 1.38 bits per heavy atom. The van der Waals surface area contributed by atoms with Gasteiger partial charge in [0.2, 0.25) is 0 Å². The highest BCUT2D eigenvalue weighted by atomic mass is 19.3. The molecule has 0 nitrogen and oxygen atoms in total. The first-order valence-electron chi connectivity index (χ1n) is 9.19. The van der Waals surface area contributed by atoms with Crippen LogP contribution in [0.5, 0.6) is 0 Å². The fraction of sp³-hybridized carbons (Fsp3) is 0.120. The summed E-state index contributed by atoms with van der Waals surface area (Å²) in [5, 5.41) is 0. The molecule has 0 unspecified atom stereocenters. The summed E-state index contributed by atoms with van der Waals surface area (Å²) in [4.78, 5) is 0. The highest BCUT2D eigenvalue weighted by Gasteiger charge is 2.09. The first kappa shape index (κ1) is 20.4. The molecule has 0 N–H and O–H groups in total. The summed E-state index contributed by atoms with van der Waals surface area (Å²) < 4.78 is 52.9. The molecular weight excluding hydrogens is 376 g/mol. The van der Waals surface area contributed by atoms with Crippen LogP contribution in [0.2, 0.25) is 0 Å². The molecule has 146 valence electrons. The molecule has 4 heteroatoms. The lowest BCUT2D eigenvalue weighted by atomic mass is 10.0. The molecule has 3 aromatic carbocycles. The zero-order valence-electron chi connectivity index (χ0n) is 15.8. The third-order valence-electron chi connectivity index (χ3n) is 4.38. The van der Waals surface area contributed by atoms with Crippen LogP contribution in [0.3, 0.4) is 0 Å². The molecule has 0 amide bonds. The minimum atomic E-state index is -1.74. The number of benzene rings is 3. The Hall–Kier alpha value is -3.32. The zero-order valence-corrected chi connectivity index (χ0v) is 15.8. The van der Waals surface area contributed by atoms with Crippen molar-refractivity contribution in [3.8, 4) is 23.0 Å². The van der Waals surface area contributed by atoms with E-state index in [4.69, 9.17) is 0 Å². The summed E-state index contributed by atoms with van der Waals surface area (Å²) in [7, 11) is 0. The van der Waals surface area contributed by atoms with Gasteiger partial charge in [-0.05, 0) is 52.9 Å². The molecule has 0 saturated heterocycles. The van der Waals surface area contributed by atoms with Gasteiger partial charge in [0.25, 0.3) is 6.08 Å². The topological polar surface area (TPSA) is 0 Å². The second kappa shape index (κ2) is 9.25. The van der Waals surface area contributed by atoms with E-state index in [1.54, 1.807) is 36.4 Å². The number of halogens is 4. The number of hydrogen-bond acceptors (Lipinski definition) is 0. The number of rotatable bonds is 4. The molecule has 0 heterocycles. The van der Waals surface area contributed by atoms with Gasteiger partial charge in [-0.15, -0.1) is 0 Å². The maximum atomic E-state index is 14.1. The van der Waals surface area contributed by atoms with Gasteiger partial charge in [-0.25, -0.2) is 8.78 Å². The van der Waals surface area contributed by atoms with Gasteiger partial charge < -0.3 is 0 Å². The molecule has 0 bridgehead atoms. The molecule has 0 radical (unpaired) electrons. The Morgan fingerprint density at radius 3 is 1.90 bits per heavy atom.